The summed E-state index contributed by atoms with van der Waals surface area (Å²) in [5.41, 5.74) is 4.50. The van der Waals surface area contributed by atoms with Crippen molar-refractivity contribution in [3.63, 3.8) is 0 Å². The number of rotatable bonds is 3. The van der Waals surface area contributed by atoms with Crippen LogP contribution in [0.3, 0.4) is 0 Å². The number of urea groups is 1. The van der Waals surface area contributed by atoms with E-state index in [1.807, 2.05) is 13.8 Å². The molecule has 0 rings (SSSR count). The Hall–Kier alpha value is -0.440. The summed E-state index contributed by atoms with van der Waals surface area (Å²) in [7, 11) is 0. The maximum Gasteiger partial charge on any atom is 0.313 e. The monoisotopic (exact) mass is 164 g/mol. The second kappa shape index (κ2) is 4.39. The van der Waals surface area contributed by atoms with E-state index < -0.39 is 6.03 Å². The van der Waals surface area contributed by atoms with E-state index in [9.17, 15) is 4.79 Å². The van der Waals surface area contributed by atoms with Crippen molar-refractivity contribution in [2.75, 3.05) is 0 Å². The first-order valence-electron chi connectivity index (χ1n) is 3.22. The average Bonchev–Trinajstić information content (AvgIpc) is 1.58. The Bertz CT molecular complexity index is 116. The standard InChI is InChI=1S/C6H13ClN2O/c1-4(2)3-5(7)9-6(8)10/h4-5H,3H2,1-2H3,(H3,8,9,10). The molecule has 10 heavy (non-hydrogen) atoms. The number of hydrogen-bond donors (Lipinski definition) is 2. The van der Waals surface area contributed by atoms with Gasteiger partial charge in [-0.15, -0.1) is 0 Å². The van der Waals surface area contributed by atoms with E-state index in [0.717, 1.165) is 6.42 Å². The van der Waals surface area contributed by atoms with E-state index in [4.69, 9.17) is 17.3 Å². The fourth-order valence-corrected chi connectivity index (χ4v) is 1.09. The lowest BCUT2D eigenvalue weighted by Crippen LogP contribution is -2.35. The number of nitrogens with one attached hydrogen (secondary N) is 1. The maximum absolute atomic E-state index is 10.2. The molecule has 0 saturated carbocycles. The highest BCUT2D eigenvalue weighted by Gasteiger charge is 2.07. The van der Waals surface area contributed by atoms with Gasteiger partial charge in [-0.2, -0.15) is 0 Å². The van der Waals surface area contributed by atoms with Crippen LogP contribution >= 0.6 is 11.6 Å². The first-order valence-corrected chi connectivity index (χ1v) is 3.66. The molecule has 4 heteroatoms. The van der Waals surface area contributed by atoms with Gasteiger partial charge in [0, 0.05) is 0 Å². The van der Waals surface area contributed by atoms with Gasteiger partial charge in [0.25, 0.3) is 0 Å². The van der Waals surface area contributed by atoms with Crippen molar-refractivity contribution in [3.8, 4) is 0 Å². The third-order valence-corrected chi connectivity index (χ3v) is 1.26. The first-order chi connectivity index (χ1) is 4.52. The Balaban J connectivity index is 3.43. The van der Waals surface area contributed by atoms with Gasteiger partial charge in [-0.3, -0.25) is 0 Å². The summed E-state index contributed by atoms with van der Waals surface area (Å²) in [5.74, 6) is 0.467. The Labute approximate surface area is 65.9 Å². The zero-order valence-electron chi connectivity index (χ0n) is 6.23. The van der Waals surface area contributed by atoms with E-state index in [1.165, 1.54) is 0 Å². The number of hydrogen-bond acceptors (Lipinski definition) is 1. The van der Waals surface area contributed by atoms with E-state index in [2.05, 4.69) is 5.32 Å². The van der Waals surface area contributed by atoms with Crippen LogP contribution in [0, 0.1) is 5.92 Å². The molecule has 1 atom stereocenters. The Morgan fingerprint density at radius 2 is 2.20 bits per heavy atom. The quantitative estimate of drug-likeness (QED) is 0.479. The average molecular weight is 165 g/mol. The molecule has 0 fully saturated rings. The predicted molar refractivity (Wildman–Crippen MR) is 41.8 cm³/mol. The molecule has 60 valence electrons. The third kappa shape index (κ3) is 5.69. The van der Waals surface area contributed by atoms with Crippen LogP contribution in [0.5, 0.6) is 0 Å². The minimum atomic E-state index is -0.569. The van der Waals surface area contributed by atoms with Crippen molar-refractivity contribution in [1.82, 2.24) is 5.32 Å². The molecule has 0 aliphatic heterocycles. The van der Waals surface area contributed by atoms with Crippen LogP contribution in [0.15, 0.2) is 0 Å². The normalized spacial score (nSPS) is 13.2. The minimum Gasteiger partial charge on any atom is -0.352 e. The van der Waals surface area contributed by atoms with Gasteiger partial charge < -0.3 is 11.1 Å². The van der Waals surface area contributed by atoms with Crippen molar-refractivity contribution in [1.29, 1.82) is 0 Å². The topological polar surface area (TPSA) is 55.1 Å². The Kier molecular flexibility index (Phi) is 4.19. The maximum atomic E-state index is 10.2. The minimum absolute atomic E-state index is 0.336. The number of halogens is 1. The summed E-state index contributed by atoms with van der Waals surface area (Å²) in [5, 5.41) is 2.38. The summed E-state index contributed by atoms with van der Waals surface area (Å²) in [6.07, 6.45) is 0.741. The second-order valence-electron chi connectivity index (χ2n) is 2.61. The van der Waals surface area contributed by atoms with Crippen LogP contribution in [0.4, 0.5) is 4.79 Å². The lowest BCUT2D eigenvalue weighted by molar-refractivity contribution is 0.247. The van der Waals surface area contributed by atoms with Gasteiger partial charge in [-0.1, -0.05) is 25.4 Å². The zero-order chi connectivity index (χ0) is 8.15. The van der Waals surface area contributed by atoms with Crippen LogP contribution in [-0.4, -0.2) is 11.5 Å². The summed E-state index contributed by atoms with van der Waals surface area (Å²) < 4.78 is 0. The molecule has 0 aliphatic carbocycles. The number of nitrogens with two attached hydrogens (primary N) is 1. The first kappa shape index (κ1) is 9.56. The molecule has 0 radical (unpaired) electrons. The van der Waals surface area contributed by atoms with Crippen LogP contribution in [0.1, 0.15) is 20.3 Å². The SMILES string of the molecule is CC(C)CC(Cl)NC(N)=O. The third-order valence-electron chi connectivity index (χ3n) is 0.977. The molecular weight excluding hydrogens is 152 g/mol. The highest BCUT2D eigenvalue weighted by molar-refractivity contribution is 6.21. The molecule has 0 aromatic carbocycles. The largest absolute Gasteiger partial charge is 0.352 e. The van der Waals surface area contributed by atoms with Crippen LogP contribution < -0.4 is 11.1 Å². The molecular formula is C6H13ClN2O. The Morgan fingerprint density at radius 3 is 2.50 bits per heavy atom. The van der Waals surface area contributed by atoms with Crippen LogP contribution in [0.25, 0.3) is 0 Å². The molecule has 0 bridgehead atoms. The van der Waals surface area contributed by atoms with Crippen molar-refractivity contribution >= 4 is 17.6 Å². The number of primary amides is 1. The van der Waals surface area contributed by atoms with Gasteiger partial charge in [0.05, 0.1) is 0 Å². The molecule has 0 aromatic rings. The van der Waals surface area contributed by atoms with Crippen molar-refractivity contribution in [3.05, 3.63) is 0 Å². The highest BCUT2D eigenvalue weighted by Crippen LogP contribution is 2.06. The van der Waals surface area contributed by atoms with E-state index in [-0.39, 0.29) is 5.50 Å². The van der Waals surface area contributed by atoms with E-state index in [1.54, 1.807) is 0 Å². The fourth-order valence-electron chi connectivity index (χ4n) is 0.627. The van der Waals surface area contributed by atoms with Crippen LogP contribution in [0.2, 0.25) is 0 Å². The lowest BCUT2D eigenvalue weighted by atomic mass is 10.1. The van der Waals surface area contributed by atoms with Crippen molar-refractivity contribution < 1.29 is 4.79 Å². The lowest BCUT2D eigenvalue weighted by Gasteiger charge is -2.11. The molecule has 0 spiro atoms. The summed E-state index contributed by atoms with van der Waals surface area (Å²) >= 11 is 5.66. The number of carbonyl (C=O) groups is 1. The number of carbonyl (C=O) groups excluding carboxylic acids is 1. The second-order valence-corrected chi connectivity index (χ2v) is 3.13. The van der Waals surface area contributed by atoms with Crippen molar-refractivity contribution in [2.24, 2.45) is 11.7 Å². The number of alkyl halides is 1. The smallest absolute Gasteiger partial charge is 0.313 e. The molecule has 3 nitrogen and oxygen atoms in total. The molecule has 0 aliphatic rings. The van der Waals surface area contributed by atoms with Gasteiger partial charge in [0.2, 0.25) is 0 Å². The molecule has 2 amide bonds. The molecule has 0 heterocycles. The van der Waals surface area contributed by atoms with Gasteiger partial charge in [-0.25, -0.2) is 4.79 Å². The van der Waals surface area contributed by atoms with Crippen LogP contribution in [-0.2, 0) is 0 Å². The van der Waals surface area contributed by atoms with Gasteiger partial charge in [0.1, 0.15) is 5.50 Å². The molecule has 1 unspecified atom stereocenters. The molecule has 0 aromatic heterocycles. The Morgan fingerprint density at radius 1 is 1.70 bits per heavy atom. The highest BCUT2D eigenvalue weighted by atomic mass is 35.5. The predicted octanol–water partition coefficient (Wildman–Crippen LogP) is 1.27. The van der Waals surface area contributed by atoms with Gasteiger partial charge in [0.15, 0.2) is 0 Å². The fraction of sp³-hybridized carbons (Fsp3) is 0.833. The van der Waals surface area contributed by atoms with Crippen molar-refractivity contribution in [2.45, 2.75) is 25.8 Å². The summed E-state index contributed by atoms with van der Waals surface area (Å²) in [6, 6.07) is -0.569. The summed E-state index contributed by atoms with van der Waals surface area (Å²) in [4.78, 5) is 10.2. The summed E-state index contributed by atoms with van der Waals surface area (Å²) in [6.45, 7) is 4.05. The zero-order valence-corrected chi connectivity index (χ0v) is 6.98. The van der Waals surface area contributed by atoms with E-state index >= 15 is 0 Å². The van der Waals surface area contributed by atoms with Gasteiger partial charge >= 0.3 is 6.03 Å². The number of amides is 2. The van der Waals surface area contributed by atoms with Gasteiger partial charge in [-0.05, 0) is 12.3 Å². The molecule has 0 saturated heterocycles. The molecule has 3 N–H and O–H groups in total. The van der Waals surface area contributed by atoms with E-state index in [0.29, 0.717) is 5.92 Å².